The summed E-state index contributed by atoms with van der Waals surface area (Å²) in [5, 5.41) is 4.47. The molecule has 1 aliphatic rings. The first kappa shape index (κ1) is 14.5. The number of hydrogen-bond acceptors (Lipinski definition) is 3. The first-order valence-electron chi connectivity index (χ1n) is 7.62. The molecular formula is C17H19N3O2. The van der Waals surface area contributed by atoms with E-state index in [4.69, 9.17) is 0 Å². The average Bonchev–Trinajstić information content (AvgIpc) is 2.49. The van der Waals surface area contributed by atoms with Crippen molar-refractivity contribution in [1.29, 1.82) is 0 Å². The van der Waals surface area contributed by atoms with E-state index in [9.17, 15) is 9.59 Å². The van der Waals surface area contributed by atoms with Crippen LogP contribution in [0.3, 0.4) is 0 Å². The van der Waals surface area contributed by atoms with E-state index in [1.807, 2.05) is 37.3 Å². The summed E-state index contributed by atoms with van der Waals surface area (Å²) in [6.07, 6.45) is 1.42. The van der Waals surface area contributed by atoms with Gasteiger partial charge < -0.3 is 4.90 Å². The Bertz CT molecular complexity index is 718. The number of benzene rings is 1. The van der Waals surface area contributed by atoms with Gasteiger partial charge in [0.05, 0.1) is 11.7 Å². The molecule has 22 heavy (non-hydrogen) atoms. The number of rotatable bonds is 4. The highest BCUT2D eigenvalue weighted by atomic mass is 16.2. The van der Waals surface area contributed by atoms with Crippen LogP contribution >= 0.6 is 0 Å². The van der Waals surface area contributed by atoms with Gasteiger partial charge in [0.15, 0.2) is 0 Å². The molecule has 1 saturated heterocycles. The Balaban J connectivity index is 1.78. The third kappa shape index (κ3) is 2.79. The first-order chi connectivity index (χ1) is 10.7. The predicted octanol–water partition coefficient (Wildman–Crippen LogP) is 2.09. The lowest BCUT2D eigenvalue weighted by molar-refractivity contribution is -0.137. The van der Waals surface area contributed by atoms with Gasteiger partial charge in [-0.05, 0) is 12.5 Å². The van der Waals surface area contributed by atoms with E-state index >= 15 is 0 Å². The lowest BCUT2D eigenvalue weighted by Crippen LogP contribution is -2.53. The smallest absolute Gasteiger partial charge is 0.267 e. The summed E-state index contributed by atoms with van der Waals surface area (Å²) in [6.45, 7) is 3.14. The van der Waals surface area contributed by atoms with Crippen molar-refractivity contribution < 1.29 is 4.79 Å². The maximum absolute atomic E-state index is 12.0. The normalized spacial score (nSPS) is 14.7. The molecule has 1 aliphatic heterocycles. The highest BCUT2D eigenvalue weighted by molar-refractivity contribution is 5.77. The van der Waals surface area contributed by atoms with E-state index in [1.165, 1.54) is 4.68 Å². The zero-order chi connectivity index (χ0) is 15.5. The largest absolute Gasteiger partial charge is 0.338 e. The lowest BCUT2D eigenvalue weighted by Gasteiger charge is -2.39. The number of hydrogen-bond donors (Lipinski definition) is 0. The second-order valence-electron chi connectivity index (χ2n) is 5.57. The number of carbonyl (C=O) groups is 1. The number of carbonyl (C=O) groups excluding carboxylic acids is 1. The summed E-state index contributed by atoms with van der Waals surface area (Å²) >= 11 is 0. The molecule has 2 aromatic rings. The van der Waals surface area contributed by atoms with Gasteiger partial charge in [-0.1, -0.05) is 37.3 Å². The topological polar surface area (TPSA) is 55.2 Å². The van der Waals surface area contributed by atoms with Gasteiger partial charge in [0, 0.05) is 31.1 Å². The molecule has 1 fully saturated rings. The quantitative estimate of drug-likeness (QED) is 0.868. The minimum Gasteiger partial charge on any atom is -0.338 e. The van der Waals surface area contributed by atoms with Crippen molar-refractivity contribution in [2.75, 3.05) is 13.1 Å². The molecular weight excluding hydrogens is 278 g/mol. The molecule has 0 bridgehead atoms. The molecule has 5 nitrogen and oxygen atoms in total. The Hall–Kier alpha value is -2.43. The van der Waals surface area contributed by atoms with E-state index in [2.05, 4.69) is 5.10 Å². The fourth-order valence-corrected chi connectivity index (χ4v) is 2.64. The van der Waals surface area contributed by atoms with Crippen molar-refractivity contribution in [3.05, 3.63) is 52.8 Å². The van der Waals surface area contributed by atoms with Crippen LogP contribution in [-0.4, -0.2) is 33.7 Å². The van der Waals surface area contributed by atoms with Crippen LogP contribution in [0.25, 0.3) is 11.3 Å². The van der Waals surface area contributed by atoms with Crippen molar-refractivity contribution in [3.8, 4) is 11.3 Å². The Morgan fingerprint density at radius 3 is 2.59 bits per heavy atom. The SMILES string of the molecule is CCCC(=O)N1CC(n2nc(-c3ccccc3)ccc2=O)C1. The maximum Gasteiger partial charge on any atom is 0.267 e. The highest BCUT2D eigenvalue weighted by Crippen LogP contribution is 2.21. The van der Waals surface area contributed by atoms with Gasteiger partial charge in [0.1, 0.15) is 0 Å². The monoisotopic (exact) mass is 297 g/mol. The number of aromatic nitrogens is 2. The van der Waals surface area contributed by atoms with E-state index in [0.29, 0.717) is 19.5 Å². The van der Waals surface area contributed by atoms with Crippen LogP contribution in [0, 0.1) is 0 Å². The van der Waals surface area contributed by atoms with Crippen molar-refractivity contribution in [2.45, 2.75) is 25.8 Å². The van der Waals surface area contributed by atoms with E-state index in [0.717, 1.165) is 17.7 Å². The van der Waals surface area contributed by atoms with Crippen molar-refractivity contribution in [2.24, 2.45) is 0 Å². The average molecular weight is 297 g/mol. The van der Waals surface area contributed by atoms with Crippen LogP contribution < -0.4 is 5.56 Å². The van der Waals surface area contributed by atoms with Gasteiger partial charge in [0.2, 0.25) is 5.91 Å². The molecule has 0 radical (unpaired) electrons. The van der Waals surface area contributed by atoms with Gasteiger partial charge in [0.25, 0.3) is 5.56 Å². The summed E-state index contributed by atoms with van der Waals surface area (Å²) in [6, 6.07) is 13.0. The molecule has 5 heteroatoms. The third-order valence-corrected chi connectivity index (χ3v) is 3.92. The minimum absolute atomic E-state index is 0.0167. The molecule has 1 amide bonds. The maximum atomic E-state index is 12.0. The van der Waals surface area contributed by atoms with Gasteiger partial charge in [-0.2, -0.15) is 5.10 Å². The van der Waals surface area contributed by atoms with Crippen molar-refractivity contribution in [3.63, 3.8) is 0 Å². The van der Waals surface area contributed by atoms with Gasteiger partial charge >= 0.3 is 0 Å². The molecule has 3 rings (SSSR count). The molecule has 114 valence electrons. The summed E-state index contributed by atoms with van der Waals surface area (Å²) in [7, 11) is 0. The standard InChI is InChI=1S/C17H19N3O2/c1-2-6-16(21)19-11-14(12-19)20-17(22)10-9-15(18-20)13-7-4-3-5-8-13/h3-5,7-10,14H,2,6,11-12H2,1H3. The molecule has 0 saturated carbocycles. The van der Waals surface area contributed by atoms with Crippen molar-refractivity contribution in [1.82, 2.24) is 14.7 Å². The van der Waals surface area contributed by atoms with Crippen LogP contribution in [-0.2, 0) is 4.79 Å². The molecule has 0 spiro atoms. The van der Waals surface area contributed by atoms with E-state index in [1.54, 1.807) is 17.0 Å². The van der Waals surface area contributed by atoms with Crippen LogP contribution in [0.5, 0.6) is 0 Å². The molecule has 0 unspecified atom stereocenters. The zero-order valence-electron chi connectivity index (χ0n) is 12.6. The molecule has 2 heterocycles. The second-order valence-corrected chi connectivity index (χ2v) is 5.57. The number of nitrogens with zero attached hydrogens (tertiary/aromatic N) is 3. The fourth-order valence-electron chi connectivity index (χ4n) is 2.64. The summed E-state index contributed by atoms with van der Waals surface area (Å²) in [5.74, 6) is 0.158. The van der Waals surface area contributed by atoms with Gasteiger partial charge in [-0.3, -0.25) is 9.59 Å². The van der Waals surface area contributed by atoms with Crippen LogP contribution in [0.4, 0.5) is 0 Å². The van der Waals surface area contributed by atoms with Crippen LogP contribution in [0.15, 0.2) is 47.3 Å². The Morgan fingerprint density at radius 2 is 1.91 bits per heavy atom. The lowest BCUT2D eigenvalue weighted by atomic mass is 10.1. The zero-order valence-corrected chi connectivity index (χ0v) is 12.6. The van der Waals surface area contributed by atoms with Crippen LogP contribution in [0.1, 0.15) is 25.8 Å². The highest BCUT2D eigenvalue weighted by Gasteiger charge is 2.32. The fraction of sp³-hybridized carbons (Fsp3) is 0.353. The molecule has 0 atom stereocenters. The summed E-state index contributed by atoms with van der Waals surface area (Å²) in [5.41, 5.74) is 1.64. The number of likely N-dealkylation sites (tertiary alicyclic amines) is 1. The summed E-state index contributed by atoms with van der Waals surface area (Å²) in [4.78, 5) is 25.6. The Labute approximate surface area is 129 Å². The molecule has 1 aromatic carbocycles. The molecule has 0 N–H and O–H groups in total. The Kier molecular flexibility index (Phi) is 4.04. The summed E-state index contributed by atoms with van der Waals surface area (Å²) < 4.78 is 1.51. The Morgan fingerprint density at radius 1 is 1.18 bits per heavy atom. The van der Waals surface area contributed by atoms with Gasteiger partial charge in [-0.15, -0.1) is 0 Å². The molecule has 0 aliphatic carbocycles. The molecule has 1 aromatic heterocycles. The minimum atomic E-state index is -0.118. The number of amides is 1. The van der Waals surface area contributed by atoms with Crippen LogP contribution in [0.2, 0.25) is 0 Å². The van der Waals surface area contributed by atoms with Gasteiger partial charge in [-0.25, -0.2) is 4.68 Å². The third-order valence-electron chi connectivity index (χ3n) is 3.92. The predicted molar refractivity (Wildman–Crippen MR) is 84.5 cm³/mol. The second kappa shape index (κ2) is 6.13. The first-order valence-corrected chi connectivity index (χ1v) is 7.62. The van der Waals surface area contributed by atoms with E-state index in [-0.39, 0.29) is 17.5 Å². The van der Waals surface area contributed by atoms with Crippen molar-refractivity contribution >= 4 is 5.91 Å². The van der Waals surface area contributed by atoms with E-state index < -0.39 is 0 Å².